The van der Waals surface area contributed by atoms with E-state index >= 15 is 4.79 Å². The minimum absolute atomic E-state index is 0.0187. The SMILES string of the molecule is CC[C@@H]1CCCC/C=C\[C@@H]2C[C@@]2(C(=O)NS(=O)(=O)C2CC2)CC(=O)[C@@H]2C[C@@H](Oc3cc(-c4ccc(OC(C)C)cc4)nc4cc(OC)ccc34)CN2C(=O)[C@H]1CC(=O)OC(C)(C)C(F)F. The lowest BCUT2D eigenvalue weighted by Crippen LogP contribution is -2.48. The highest BCUT2D eigenvalue weighted by molar-refractivity contribution is 7.90. The summed E-state index contributed by atoms with van der Waals surface area (Å²) in [6.45, 7) is 7.94. The first-order valence-corrected chi connectivity index (χ1v) is 24.4. The molecule has 3 aromatic rings. The fourth-order valence-electron chi connectivity index (χ4n) is 9.23. The van der Waals surface area contributed by atoms with Gasteiger partial charge in [-0.2, -0.15) is 0 Å². The number of methoxy groups -OCH3 is 1. The normalized spacial score (nSPS) is 25.9. The van der Waals surface area contributed by atoms with Crippen LogP contribution in [0.1, 0.15) is 105 Å². The number of nitrogens with zero attached hydrogens (tertiary/aromatic N) is 2. The number of allylic oxidation sites excluding steroid dienone is 2. The molecule has 0 unspecified atom stereocenters. The molecular weight excluding hydrogens is 861 g/mol. The van der Waals surface area contributed by atoms with Gasteiger partial charge in [0, 0.05) is 35.9 Å². The third kappa shape index (κ3) is 11.0. The van der Waals surface area contributed by atoms with Crippen molar-refractivity contribution in [2.24, 2.45) is 23.2 Å². The van der Waals surface area contributed by atoms with E-state index in [1.165, 1.54) is 4.90 Å². The van der Waals surface area contributed by atoms with Gasteiger partial charge in [-0.05, 0) is 114 Å². The van der Waals surface area contributed by atoms with Gasteiger partial charge in [0.2, 0.25) is 21.8 Å². The van der Waals surface area contributed by atoms with Crippen LogP contribution in [0.2, 0.25) is 0 Å². The molecule has 2 aliphatic carbocycles. The number of hydrogen-bond donors (Lipinski definition) is 1. The summed E-state index contributed by atoms with van der Waals surface area (Å²) < 4.78 is 79.6. The van der Waals surface area contributed by atoms with Crippen molar-refractivity contribution < 1.29 is 55.3 Å². The van der Waals surface area contributed by atoms with Gasteiger partial charge in [-0.3, -0.25) is 23.9 Å². The zero-order valence-electron chi connectivity index (χ0n) is 38.0. The third-order valence-corrected chi connectivity index (χ3v) is 15.1. The summed E-state index contributed by atoms with van der Waals surface area (Å²) in [5.41, 5.74) is -1.52. The highest BCUT2D eigenvalue weighted by Crippen LogP contribution is 2.57. The van der Waals surface area contributed by atoms with Crippen LogP contribution < -0.4 is 18.9 Å². The Bertz CT molecular complexity index is 2400. The van der Waals surface area contributed by atoms with Crippen LogP contribution >= 0.6 is 0 Å². The van der Waals surface area contributed by atoms with Gasteiger partial charge < -0.3 is 23.8 Å². The predicted molar refractivity (Wildman–Crippen MR) is 240 cm³/mol. The van der Waals surface area contributed by atoms with Crippen molar-refractivity contribution in [2.45, 2.75) is 141 Å². The van der Waals surface area contributed by atoms with Crippen LogP contribution in [0.25, 0.3) is 22.2 Å². The second-order valence-corrected chi connectivity index (χ2v) is 20.9. The topological polar surface area (TPSA) is 168 Å². The summed E-state index contributed by atoms with van der Waals surface area (Å²) in [5, 5.41) is -0.00947. The number of halogens is 2. The third-order valence-electron chi connectivity index (χ3n) is 13.2. The number of alkyl halides is 2. The maximum Gasteiger partial charge on any atom is 0.307 e. The van der Waals surface area contributed by atoms with Crippen molar-refractivity contribution in [2.75, 3.05) is 13.7 Å². The van der Waals surface area contributed by atoms with Crippen LogP contribution in [0.3, 0.4) is 0 Å². The standard InChI is InChI=1S/C49H61F2N3O10S/c1-7-30-12-10-8-9-11-13-32-26-49(32,47(58)53-65(59,60)36-19-20-36)27-42(55)41-23-35(28-54(41)45(57)38(30)24-44(56)64-48(4,5)46(50)51)63-43-25-39(31-14-16-33(17-15-31)62-29(2)3)52-40-22-34(61-6)18-21-37(40)43/h11,13-18,21-22,25,29-30,32,35-36,38,41,46H,7-10,12,19-20,23-24,26-28H2,1-6H3,(H,53,58)/b13-11-/t30-,32-,35-,38+,41+,49-/m1/s1. The summed E-state index contributed by atoms with van der Waals surface area (Å²) in [6.07, 6.45) is 3.55. The molecule has 0 bridgehead atoms. The fourth-order valence-corrected chi connectivity index (χ4v) is 10.6. The Morgan fingerprint density at radius 1 is 1.02 bits per heavy atom. The lowest BCUT2D eigenvalue weighted by atomic mass is 9.82. The highest BCUT2D eigenvalue weighted by Gasteiger charge is 2.62. The monoisotopic (exact) mass is 921 g/mol. The molecule has 0 spiro atoms. The Kier molecular flexibility index (Phi) is 14.3. The van der Waals surface area contributed by atoms with Gasteiger partial charge in [-0.1, -0.05) is 31.9 Å². The number of benzene rings is 2. The number of ether oxygens (including phenoxy) is 4. The van der Waals surface area contributed by atoms with E-state index in [-0.39, 0.29) is 37.8 Å². The summed E-state index contributed by atoms with van der Waals surface area (Å²) in [5.74, 6) is -2.73. The van der Waals surface area contributed by atoms with E-state index in [0.29, 0.717) is 72.4 Å². The van der Waals surface area contributed by atoms with Gasteiger partial charge in [-0.25, -0.2) is 22.2 Å². The average Bonchev–Trinajstić information content (AvgIpc) is 4.18. The number of Topliss-reactive ketones (excluding diaryl/α,β-unsaturated/α-hetero) is 1. The zero-order valence-corrected chi connectivity index (χ0v) is 38.8. The van der Waals surface area contributed by atoms with E-state index in [1.807, 2.05) is 63.3 Å². The van der Waals surface area contributed by atoms with E-state index in [4.69, 9.17) is 23.9 Å². The molecule has 1 N–H and O–H groups in total. The van der Waals surface area contributed by atoms with E-state index in [0.717, 1.165) is 25.8 Å². The number of carbonyl (C=O) groups excluding carboxylic acids is 4. The second kappa shape index (κ2) is 19.4. The minimum Gasteiger partial charge on any atom is -0.497 e. The number of amides is 2. The zero-order chi connectivity index (χ0) is 46.8. The number of ketones is 1. The second-order valence-electron chi connectivity index (χ2n) is 18.9. The van der Waals surface area contributed by atoms with Crippen molar-refractivity contribution in [3.63, 3.8) is 0 Å². The van der Waals surface area contributed by atoms with Gasteiger partial charge in [0.05, 0.1) is 60.0 Å². The van der Waals surface area contributed by atoms with Gasteiger partial charge in [-0.15, -0.1) is 0 Å². The van der Waals surface area contributed by atoms with Crippen LogP contribution in [0.15, 0.2) is 60.7 Å². The first kappa shape index (κ1) is 47.8. The summed E-state index contributed by atoms with van der Waals surface area (Å²) in [6, 6.07) is 13.5. The van der Waals surface area contributed by atoms with Crippen LogP contribution in [0.4, 0.5) is 8.78 Å². The molecule has 16 heteroatoms. The van der Waals surface area contributed by atoms with Crippen LogP contribution in [0.5, 0.6) is 17.2 Å². The fraction of sp³-hybridized carbons (Fsp3) is 0.571. The quantitative estimate of drug-likeness (QED) is 0.122. The van der Waals surface area contributed by atoms with Crippen molar-refractivity contribution in [3.05, 3.63) is 60.7 Å². The maximum atomic E-state index is 15.2. The highest BCUT2D eigenvalue weighted by atomic mass is 32.2. The summed E-state index contributed by atoms with van der Waals surface area (Å²) in [4.78, 5) is 63.9. The van der Waals surface area contributed by atoms with Crippen molar-refractivity contribution in [3.8, 4) is 28.5 Å². The molecule has 0 radical (unpaired) electrons. The number of rotatable bonds is 14. The van der Waals surface area contributed by atoms with Crippen LogP contribution in [0, 0.1) is 23.2 Å². The first-order chi connectivity index (χ1) is 30.8. The minimum atomic E-state index is -3.93. The largest absolute Gasteiger partial charge is 0.497 e. The van der Waals surface area contributed by atoms with Crippen molar-refractivity contribution in [1.29, 1.82) is 0 Å². The molecule has 3 heterocycles. The molecule has 1 aromatic heterocycles. The first-order valence-electron chi connectivity index (χ1n) is 22.8. The van der Waals surface area contributed by atoms with Crippen molar-refractivity contribution in [1.82, 2.24) is 14.6 Å². The number of fused-ring (bicyclic) bond motifs is 3. The Labute approximate surface area is 380 Å². The molecular formula is C49H61F2N3O10S. The molecule has 13 nitrogen and oxygen atoms in total. The van der Waals surface area contributed by atoms with Gasteiger partial charge in [0.15, 0.2) is 11.4 Å². The Morgan fingerprint density at radius 2 is 1.74 bits per heavy atom. The predicted octanol–water partition coefficient (Wildman–Crippen LogP) is 8.37. The smallest absolute Gasteiger partial charge is 0.307 e. The molecule has 6 atom stereocenters. The Balaban J connectivity index is 1.26. The van der Waals surface area contributed by atoms with E-state index in [1.54, 1.807) is 25.3 Å². The molecule has 65 heavy (non-hydrogen) atoms. The van der Waals surface area contributed by atoms with Crippen LogP contribution in [-0.4, -0.2) is 91.0 Å². The van der Waals surface area contributed by atoms with Gasteiger partial charge in [0.1, 0.15) is 23.4 Å². The number of esters is 1. The Hall–Kier alpha value is -5.12. The number of sulfonamides is 1. The van der Waals surface area contributed by atoms with Crippen molar-refractivity contribution >= 4 is 44.5 Å². The summed E-state index contributed by atoms with van der Waals surface area (Å²) in [7, 11) is -2.37. The molecule has 1 saturated heterocycles. The molecule has 352 valence electrons. The van der Waals surface area contributed by atoms with Gasteiger partial charge >= 0.3 is 5.97 Å². The molecule has 2 aromatic carbocycles. The van der Waals surface area contributed by atoms with E-state index in [9.17, 15) is 31.6 Å². The maximum absolute atomic E-state index is 15.2. The van der Waals surface area contributed by atoms with Crippen LogP contribution in [-0.2, 0) is 33.9 Å². The lowest BCUT2D eigenvalue weighted by Gasteiger charge is -2.33. The molecule has 7 rings (SSSR count). The lowest BCUT2D eigenvalue weighted by molar-refractivity contribution is -0.174. The number of nitrogens with one attached hydrogen (secondary N) is 1. The number of pyridine rings is 1. The molecule has 3 fully saturated rings. The molecule has 2 saturated carbocycles. The van der Waals surface area contributed by atoms with E-state index in [2.05, 4.69) is 4.72 Å². The number of hydrogen-bond acceptors (Lipinski definition) is 11. The number of aromatic nitrogens is 1. The molecule has 2 amide bonds. The van der Waals surface area contributed by atoms with Gasteiger partial charge in [0.25, 0.3) is 6.43 Å². The van der Waals surface area contributed by atoms with E-state index < -0.39 is 86.7 Å². The molecule has 4 aliphatic rings. The number of carbonyl (C=O) groups is 4. The molecule has 2 aliphatic heterocycles. The Morgan fingerprint density at radius 3 is 2.40 bits per heavy atom. The average molecular weight is 922 g/mol. The summed E-state index contributed by atoms with van der Waals surface area (Å²) >= 11 is 0.